The first-order chi connectivity index (χ1) is 11.1. The first-order valence-electron chi connectivity index (χ1n) is 6.99. The molecule has 0 bridgehead atoms. The number of amides is 1. The fourth-order valence-electron chi connectivity index (χ4n) is 2.25. The molecule has 0 aliphatic heterocycles. The molecule has 0 spiro atoms. The number of carbonyl (C=O) groups excluding carboxylic acids is 1. The van der Waals surface area contributed by atoms with Gasteiger partial charge in [0.25, 0.3) is 5.91 Å². The second-order valence-corrected chi connectivity index (χ2v) is 5.90. The highest BCUT2D eigenvalue weighted by molar-refractivity contribution is 7.22. The number of thiazole rings is 1. The van der Waals surface area contributed by atoms with Crippen molar-refractivity contribution in [2.24, 2.45) is 0 Å². The Balaban J connectivity index is 1.98. The minimum Gasteiger partial charge on any atom is -0.497 e. The molecule has 1 heterocycles. The highest BCUT2D eigenvalue weighted by atomic mass is 32.1. The van der Waals surface area contributed by atoms with Gasteiger partial charge in [0.1, 0.15) is 11.5 Å². The van der Waals surface area contributed by atoms with E-state index in [0.29, 0.717) is 22.2 Å². The van der Waals surface area contributed by atoms with Gasteiger partial charge in [-0.3, -0.25) is 9.69 Å². The standard InChI is InChI=1S/C17H16N2O3S/c1-19(17-18-13-6-4-5-7-15(13)23-17)16(20)12-10-11(21-2)8-9-14(12)22-3/h4-10H,1-3H3. The SMILES string of the molecule is COc1ccc(OC)c(C(=O)N(C)c2nc3ccccc3s2)c1. The summed E-state index contributed by atoms with van der Waals surface area (Å²) >= 11 is 1.47. The minimum atomic E-state index is -0.195. The zero-order chi connectivity index (χ0) is 16.4. The molecule has 0 unspecified atom stereocenters. The van der Waals surface area contributed by atoms with Gasteiger partial charge in [0.2, 0.25) is 0 Å². The highest BCUT2D eigenvalue weighted by Crippen LogP contribution is 2.31. The molecule has 23 heavy (non-hydrogen) atoms. The summed E-state index contributed by atoms with van der Waals surface area (Å²) in [6.45, 7) is 0. The maximum Gasteiger partial charge on any atom is 0.263 e. The minimum absolute atomic E-state index is 0.195. The van der Waals surface area contributed by atoms with Gasteiger partial charge in [-0.2, -0.15) is 0 Å². The van der Waals surface area contributed by atoms with Crippen LogP contribution in [0.25, 0.3) is 10.2 Å². The van der Waals surface area contributed by atoms with Crippen molar-refractivity contribution in [3.05, 3.63) is 48.0 Å². The van der Waals surface area contributed by atoms with Crippen LogP contribution in [0.4, 0.5) is 5.13 Å². The topological polar surface area (TPSA) is 51.7 Å². The van der Waals surface area contributed by atoms with Crippen LogP contribution in [0, 0.1) is 0 Å². The molecular formula is C17H16N2O3S. The molecular weight excluding hydrogens is 312 g/mol. The summed E-state index contributed by atoms with van der Waals surface area (Å²) < 4.78 is 11.5. The molecule has 0 N–H and O–H groups in total. The number of benzene rings is 2. The fourth-order valence-corrected chi connectivity index (χ4v) is 3.18. The molecule has 3 aromatic rings. The predicted molar refractivity (Wildman–Crippen MR) is 91.9 cm³/mol. The lowest BCUT2D eigenvalue weighted by atomic mass is 10.1. The summed E-state index contributed by atoms with van der Waals surface area (Å²) in [4.78, 5) is 18.9. The van der Waals surface area contributed by atoms with Crippen LogP contribution < -0.4 is 14.4 Å². The second kappa shape index (κ2) is 6.26. The van der Waals surface area contributed by atoms with Gasteiger partial charge in [-0.05, 0) is 30.3 Å². The predicted octanol–water partition coefficient (Wildman–Crippen LogP) is 3.59. The van der Waals surface area contributed by atoms with E-state index in [-0.39, 0.29) is 5.91 Å². The number of hydrogen-bond donors (Lipinski definition) is 0. The molecule has 0 radical (unpaired) electrons. The summed E-state index contributed by atoms with van der Waals surface area (Å²) in [6, 6.07) is 13.0. The van der Waals surface area contributed by atoms with E-state index < -0.39 is 0 Å². The van der Waals surface area contributed by atoms with Crippen LogP contribution in [0.3, 0.4) is 0 Å². The van der Waals surface area contributed by atoms with Gasteiger partial charge in [-0.1, -0.05) is 23.5 Å². The Kier molecular flexibility index (Phi) is 4.16. The third-order valence-corrected chi connectivity index (χ3v) is 4.62. The van der Waals surface area contributed by atoms with Crippen molar-refractivity contribution in [1.29, 1.82) is 0 Å². The van der Waals surface area contributed by atoms with Crippen LogP contribution in [0.1, 0.15) is 10.4 Å². The van der Waals surface area contributed by atoms with Crippen molar-refractivity contribution in [3.63, 3.8) is 0 Å². The lowest BCUT2D eigenvalue weighted by molar-refractivity contribution is 0.0989. The smallest absolute Gasteiger partial charge is 0.263 e. The summed E-state index contributed by atoms with van der Waals surface area (Å²) in [7, 11) is 4.81. The summed E-state index contributed by atoms with van der Waals surface area (Å²) in [6.07, 6.45) is 0. The zero-order valence-corrected chi connectivity index (χ0v) is 13.9. The number of rotatable bonds is 4. The Morgan fingerprint density at radius 1 is 1.13 bits per heavy atom. The van der Waals surface area contributed by atoms with E-state index in [1.165, 1.54) is 23.3 Å². The molecule has 0 fully saturated rings. The number of anilines is 1. The molecule has 5 nitrogen and oxygen atoms in total. The first-order valence-corrected chi connectivity index (χ1v) is 7.81. The van der Waals surface area contributed by atoms with Crippen LogP contribution in [-0.4, -0.2) is 32.2 Å². The average Bonchev–Trinajstić information content (AvgIpc) is 3.03. The quantitative estimate of drug-likeness (QED) is 0.734. The van der Waals surface area contributed by atoms with Gasteiger partial charge in [-0.15, -0.1) is 0 Å². The van der Waals surface area contributed by atoms with Crippen LogP contribution in [-0.2, 0) is 0 Å². The number of para-hydroxylation sites is 1. The third kappa shape index (κ3) is 2.85. The van der Waals surface area contributed by atoms with E-state index in [4.69, 9.17) is 9.47 Å². The molecule has 1 aromatic heterocycles. The number of methoxy groups -OCH3 is 2. The van der Waals surface area contributed by atoms with Crippen LogP contribution >= 0.6 is 11.3 Å². The number of carbonyl (C=O) groups is 1. The Morgan fingerprint density at radius 3 is 2.61 bits per heavy atom. The Hall–Kier alpha value is -2.60. The molecule has 0 aliphatic rings. The molecule has 0 saturated heterocycles. The van der Waals surface area contributed by atoms with Gasteiger partial charge < -0.3 is 9.47 Å². The number of nitrogens with zero attached hydrogens (tertiary/aromatic N) is 2. The van der Waals surface area contributed by atoms with Crippen molar-refractivity contribution in [2.45, 2.75) is 0 Å². The zero-order valence-electron chi connectivity index (χ0n) is 13.1. The molecule has 0 aliphatic carbocycles. The largest absolute Gasteiger partial charge is 0.497 e. The van der Waals surface area contributed by atoms with Gasteiger partial charge >= 0.3 is 0 Å². The van der Waals surface area contributed by atoms with E-state index in [9.17, 15) is 4.79 Å². The van der Waals surface area contributed by atoms with Gasteiger partial charge in [-0.25, -0.2) is 4.98 Å². The Labute approximate surface area is 138 Å². The number of aromatic nitrogens is 1. The van der Waals surface area contributed by atoms with Crippen molar-refractivity contribution >= 4 is 32.6 Å². The third-order valence-electron chi connectivity index (χ3n) is 3.51. The molecule has 0 saturated carbocycles. The van der Waals surface area contributed by atoms with Crippen LogP contribution in [0.5, 0.6) is 11.5 Å². The highest BCUT2D eigenvalue weighted by Gasteiger charge is 2.21. The van der Waals surface area contributed by atoms with E-state index in [0.717, 1.165) is 10.2 Å². The molecule has 6 heteroatoms. The van der Waals surface area contributed by atoms with E-state index in [1.807, 2.05) is 24.3 Å². The average molecular weight is 328 g/mol. The van der Waals surface area contributed by atoms with E-state index in [1.54, 1.807) is 32.4 Å². The number of fused-ring (bicyclic) bond motifs is 1. The molecule has 1 amide bonds. The normalized spacial score (nSPS) is 10.6. The van der Waals surface area contributed by atoms with E-state index in [2.05, 4.69) is 4.98 Å². The molecule has 118 valence electrons. The molecule has 3 rings (SSSR count). The van der Waals surface area contributed by atoms with Crippen molar-refractivity contribution in [2.75, 3.05) is 26.2 Å². The Morgan fingerprint density at radius 2 is 1.91 bits per heavy atom. The van der Waals surface area contributed by atoms with Gasteiger partial charge in [0.15, 0.2) is 5.13 Å². The molecule has 2 aromatic carbocycles. The van der Waals surface area contributed by atoms with Crippen molar-refractivity contribution < 1.29 is 14.3 Å². The van der Waals surface area contributed by atoms with Crippen molar-refractivity contribution in [3.8, 4) is 11.5 Å². The monoisotopic (exact) mass is 328 g/mol. The number of ether oxygens (including phenoxy) is 2. The maximum atomic E-state index is 12.8. The van der Waals surface area contributed by atoms with E-state index >= 15 is 0 Å². The van der Waals surface area contributed by atoms with Crippen LogP contribution in [0.2, 0.25) is 0 Å². The number of hydrogen-bond acceptors (Lipinski definition) is 5. The lowest BCUT2D eigenvalue weighted by Crippen LogP contribution is -2.26. The summed E-state index contributed by atoms with van der Waals surface area (Å²) in [5, 5.41) is 0.640. The Bertz CT molecular complexity index is 827. The summed E-state index contributed by atoms with van der Waals surface area (Å²) in [5.41, 5.74) is 1.32. The van der Waals surface area contributed by atoms with Gasteiger partial charge in [0, 0.05) is 7.05 Å². The summed E-state index contributed by atoms with van der Waals surface area (Å²) in [5.74, 6) is 0.912. The lowest BCUT2D eigenvalue weighted by Gasteiger charge is -2.16. The second-order valence-electron chi connectivity index (χ2n) is 4.89. The first kappa shape index (κ1) is 15.3. The van der Waals surface area contributed by atoms with Gasteiger partial charge in [0.05, 0.1) is 30.0 Å². The molecule has 0 atom stereocenters. The fraction of sp³-hybridized carbons (Fsp3) is 0.176. The van der Waals surface area contributed by atoms with Crippen molar-refractivity contribution in [1.82, 2.24) is 4.98 Å². The van der Waals surface area contributed by atoms with Crippen LogP contribution in [0.15, 0.2) is 42.5 Å². The maximum absolute atomic E-state index is 12.8.